The van der Waals surface area contributed by atoms with Crippen LogP contribution in [0.1, 0.15) is 6.92 Å². The molecule has 0 aromatic heterocycles. The van der Waals surface area contributed by atoms with Crippen molar-refractivity contribution in [3.05, 3.63) is 48.8 Å². The highest BCUT2D eigenvalue weighted by Gasteiger charge is 2.10. The van der Waals surface area contributed by atoms with Gasteiger partial charge in [0.25, 0.3) is 0 Å². The van der Waals surface area contributed by atoms with Crippen molar-refractivity contribution in [3.8, 4) is 0 Å². The van der Waals surface area contributed by atoms with E-state index in [9.17, 15) is 4.79 Å². The summed E-state index contributed by atoms with van der Waals surface area (Å²) in [5, 5.41) is 0. The Bertz CT molecular complexity index is 342. The third-order valence-electron chi connectivity index (χ3n) is 1.44. The van der Waals surface area contributed by atoms with Gasteiger partial charge in [0.15, 0.2) is 0 Å². The number of hydrogen-bond acceptors (Lipinski definition) is 2. The summed E-state index contributed by atoms with van der Waals surface area (Å²) in [6.45, 7) is 12.0. The number of carbonyl (C=O) groups is 1. The van der Waals surface area contributed by atoms with Crippen LogP contribution in [0, 0.1) is 0 Å². The van der Waals surface area contributed by atoms with E-state index in [1.54, 1.807) is 12.3 Å². The van der Waals surface area contributed by atoms with E-state index in [1.807, 2.05) is 0 Å². The third kappa shape index (κ3) is 4.56. The molecule has 0 unspecified atom stereocenters. The van der Waals surface area contributed by atoms with Crippen LogP contribution in [-0.2, 0) is 4.79 Å². The molecular weight excluding hydrogens is 256 g/mol. The maximum atomic E-state index is 11.3. The van der Waals surface area contributed by atoms with Crippen molar-refractivity contribution in [1.29, 1.82) is 0 Å². The molecule has 0 atom stereocenters. The molecule has 0 saturated carbocycles. The number of amidine groups is 1. The number of nitrogens with zero attached hydrogens (tertiary/aromatic N) is 2. The Morgan fingerprint density at radius 2 is 1.93 bits per heavy atom. The SMILES string of the molecule is C=C/N=C(/C=C)N(/C=C(/Br)C=C)C(C)=O. The predicted molar refractivity (Wildman–Crippen MR) is 67.6 cm³/mol. The minimum atomic E-state index is -0.172. The summed E-state index contributed by atoms with van der Waals surface area (Å²) in [7, 11) is 0. The van der Waals surface area contributed by atoms with Gasteiger partial charge in [-0.05, 0) is 22.0 Å². The zero-order chi connectivity index (χ0) is 11.8. The number of carbonyl (C=O) groups excluding carboxylic acids is 1. The number of amides is 1. The van der Waals surface area contributed by atoms with Gasteiger partial charge in [-0.1, -0.05) is 25.8 Å². The van der Waals surface area contributed by atoms with Crippen LogP contribution in [-0.4, -0.2) is 16.6 Å². The summed E-state index contributed by atoms with van der Waals surface area (Å²) in [6.07, 6.45) is 5.97. The number of hydrogen-bond donors (Lipinski definition) is 0. The minimum absolute atomic E-state index is 0.172. The van der Waals surface area contributed by atoms with E-state index in [2.05, 4.69) is 40.7 Å². The normalized spacial score (nSPS) is 11.9. The minimum Gasteiger partial charge on any atom is -0.274 e. The van der Waals surface area contributed by atoms with Gasteiger partial charge in [-0.15, -0.1) is 0 Å². The van der Waals surface area contributed by atoms with Crippen LogP contribution < -0.4 is 0 Å². The molecule has 0 spiro atoms. The lowest BCUT2D eigenvalue weighted by Gasteiger charge is -2.15. The first-order valence-corrected chi connectivity index (χ1v) is 4.96. The van der Waals surface area contributed by atoms with E-state index >= 15 is 0 Å². The van der Waals surface area contributed by atoms with Crippen LogP contribution in [0.2, 0.25) is 0 Å². The highest BCUT2D eigenvalue weighted by atomic mass is 79.9. The van der Waals surface area contributed by atoms with E-state index in [-0.39, 0.29) is 5.91 Å². The molecule has 0 fully saturated rings. The Labute approximate surface area is 98.3 Å². The molecule has 0 rings (SSSR count). The summed E-state index contributed by atoms with van der Waals surface area (Å²) in [6, 6.07) is 0. The lowest BCUT2D eigenvalue weighted by molar-refractivity contribution is -0.123. The molecule has 0 heterocycles. The van der Waals surface area contributed by atoms with Gasteiger partial charge in [-0.3, -0.25) is 9.69 Å². The second kappa shape index (κ2) is 6.95. The van der Waals surface area contributed by atoms with Crippen molar-refractivity contribution in [3.63, 3.8) is 0 Å². The molecule has 15 heavy (non-hydrogen) atoms. The lowest BCUT2D eigenvalue weighted by atomic mass is 10.4. The van der Waals surface area contributed by atoms with Crippen LogP contribution in [0.4, 0.5) is 0 Å². The molecular formula is C11H13BrN2O. The number of rotatable bonds is 4. The molecule has 0 saturated heterocycles. The van der Waals surface area contributed by atoms with Gasteiger partial charge in [-0.2, -0.15) is 0 Å². The molecule has 0 aliphatic rings. The molecule has 0 bridgehead atoms. The van der Waals surface area contributed by atoms with Gasteiger partial charge < -0.3 is 0 Å². The largest absolute Gasteiger partial charge is 0.274 e. The smallest absolute Gasteiger partial charge is 0.229 e. The monoisotopic (exact) mass is 268 g/mol. The molecule has 0 aromatic carbocycles. The summed E-state index contributed by atoms with van der Waals surface area (Å²) in [4.78, 5) is 16.6. The maximum absolute atomic E-state index is 11.3. The Morgan fingerprint density at radius 1 is 1.33 bits per heavy atom. The van der Waals surface area contributed by atoms with Gasteiger partial charge in [-0.25, -0.2) is 4.99 Å². The van der Waals surface area contributed by atoms with Crippen molar-refractivity contribution < 1.29 is 4.79 Å². The van der Waals surface area contributed by atoms with Gasteiger partial charge in [0.05, 0.1) is 0 Å². The van der Waals surface area contributed by atoms with Crippen LogP contribution in [0.15, 0.2) is 53.8 Å². The van der Waals surface area contributed by atoms with Gasteiger partial charge >= 0.3 is 0 Å². The highest BCUT2D eigenvalue weighted by molar-refractivity contribution is 9.11. The first-order chi connectivity index (χ1) is 7.06. The molecule has 0 aromatic rings. The molecule has 0 radical (unpaired) electrons. The van der Waals surface area contributed by atoms with Crippen LogP contribution >= 0.6 is 15.9 Å². The van der Waals surface area contributed by atoms with Gasteiger partial charge in [0, 0.05) is 23.8 Å². The molecule has 80 valence electrons. The molecule has 4 heteroatoms. The summed E-state index contributed by atoms with van der Waals surface area (Å²) < 4.78 is 0.677. The summed E-state index contributed by atoms with van der Waals surface area (Å²) in [5.41, 5.74) is 0. The van der Waals surface area contributed by atoms with Crippen molar-refractivity contribution >= 4 is 27.7 Å². The topological polar surface area (TPSA) is 32.7 Å². The zero-order valence-electron chi connectivity index (χ0n) is 8.61. The van der Waals surface area contributed by atoms with Crippen molar-refractivity contribution in [2.24, 2.45) is 4.99 Å². The number of halogens is 1. The van der Waals surface area contributed by atoms with E-state index in [4.69, 9.17) is 0 Å². The molecule has 0 N–H and O–H groups in total. The third-order valence-corrected chi connectivity index (χ3v) is 1.97. The quantitative estimate of drug-likeness (QED) is 0.438. The Kier molecular flexibility index (Phi) is 6.29. The molecule has 3 nitrogen and oxygen atoms in total. The zero-order valence-corrected chi connectivity index (χ0v) is 10.2. The van der Waals surface area contributed by atoms with Crippen molar-refractivity contribution in [1.82, 2.24) is 4.90 Å². The fourth-order valence-corrected chi connectivity index (χ4v) is 1.01. The van der Waals surface area contributed by atoms with Crippen LogP contribution in [0.25, 0.3) is 0 Å². The molecule has 0 aliphatic carbocycles. The van der Waals surface area contributed by atoms with Gasteiger partial charge in [0.1, 0.15) is 5.84 Å². The van der Waals surface area contributed by atoms with E-state index in [1.165, 1.54) is 24.1 Å². The van der Waals surface area contributed by atoms with Crippen LogP contribution in [0.5, 0.6) is 0 Å². The Hall–Kier alpha value is -1.42. The van der Waals surface area contributed by atoms with E-state index in [0.717, 1.165) is 0 Å². The number of aliphatic imine (C=N–C) groups is 1. The van der Waals surface area contributed by atoms with Gasteiger partial charge in [0.2, 0.25) is 5.91 Å². The molecule has 0 aliphatic heterocycles. The first-order valence-electron chi connectivity index (χ1n) is 4.17. The van der Waals surface area contributed by atoms with E-state index < -0.39 is 0 Å². The maximum Gasteiger partial charge on any atom is 0.229 e. The van der Waals surface area contributed by atoms with Crippen LogP contribution in [0.3, 0.4) is 0 Å². The predicted octanol–water partition coefficient (Wildman–Crippen LogP) is 2.99. The second-order valence-corrected chi connectivity index (χ2v) is 3.40. The van der Waals surface area contributed by atoms with Crippen molar-refractivity contribution in [2.75, 3.05) is 0 Å². The lowest BCUT2D eigenvalue weighted by Crippen LogP contribution is -2.28. The standard InChI is InChI=1S/C11H13BrN2O/c1-5-10(12)8-14(9(4)15)11(6-2)13-7-3/h5-8H,1-3H2,4H3/b10-8+,13-11-. The second-order valence-electron chi connectivity index (χ2n) is 2.48. The fraction of sp³-hybridized carbons (Fsp3) is 0.0909. The molecule has 1 amide bonds. The van der Waals surface area contributed by atoms with Crippen molar-refractivity contribution in [2.45, 2.75) is 6.92 Å². The average molecular weight is 269 g/mol. The average Bonchev–Trinajstić information content (AvgIpc) is 2.22. The Morgan fingerprint density at radius 3 is 2.27 bits per heavy atom. The summed E-state index contributed by atoms with van der Waals surface area (Å²) >= 11 is 3.23. The Balaban J connectivity index is 5.21. The summed E-state index contributed by atoms with van der Waals surface area (Å²) in [5.74, 6) is 0.241. The fourth-order valence-electron chi connectivity index (χ4n) is 0.801. The first kappa shape index (κ1) is 13.6. The number of allylic oxidation sites excluding steroid dienone is 2. The highest BCUT2D eigenvalue weighted by Crippen LogP contribution is 2.09. The van der Waals surface area contributed by atoms with E-state index in [0.29, 0.717) is 10.3 Å².